The van der Waals surface area contributed by atoms with Gasteiger partial charge in [0.15, 0.2) is 0 Å². The maximum absolute atomic E-state index is 12.7. The fourth-order valence-electron chi connectivity index (χ4n) is 4.20. The van der Waals surface area contributed by atoms with Crippen LogP contribution < -0.4 is 10.2 Å². The molecule has 0 aliphatic carbocycles. The number of nitrogens with one attached hydrogen (secondary N) is 1. The quantitative estimate of drug-likeness (QED) is 0.820. The van der Waals surface area contributed by atoms with Crippen LogP contribution >= 0.6 is 0 Å². The van der Waals surface area contributed by atoms with Crippen molar-refractivity contribution in [2.45, 2.75) is 19.3 Å². The summed E-state index contributed by atoms with van der Waals surface area (Å²) in [7, 11) is 0. The number of cyclic esters (lactones) is 1. The predicted molar refractivity (Wildman–Crippen MR) is 110 cm³/mol. The van der Waals surface area contributed by atoms with Crippen LogP contribution in [-0.2, 0) is 9.47 Å². The summed E-state index contributed by atoms with van der Waals surface area (Å²) in [5, 5.41) is 2.97. The maximum Gasteiger partial charge on any atom is 0.414 e. The summed E-state index contributed by atoms with van der Waals surface area (Å²) in [6.07, 6.45) is 2.96. The topological polar surface area (TPSA) is 74.4 Å². The normalized spacial score (nSPS) is 21.3. The zero-order chi connectivity index (χ0) is 20.1. The monoisotopic (exact) mass is 402 g/mol. The van der Waals surface area contributed by atoms with Crippen LogP contribution in [0.3, 0.4) is 0 Å². The lowest BCUT2D eigenvalue weighted by atomic mass is 9.93. The minimum absolute atomic E-state index is 0.0715. The second-order valence-electron chi connectivity index (χ2n) is 7.92. The van der Waals surface area contributed by atoms with Crippen molar-refractivity contribution in [1.82, 2.24) is 9.80 Å². The molecule has 0 atom stereocenters. The minimum Gasteiger partial charge on any atom is -0.447 e. The van der Waals surface area contributed by atoms with Gasteiger partial charge in [-0.25, -0.2) is 9.59 Å². The van der Waals surface area contributed by atoms with Gasteiger partial charge in [0.05, 0.1) is 19.8 Å². The fraction of sp³-hybridized carbons (Fsp3) is 0.619. The number of benzene rings is 1. The van der Waals surface area contributed by atoms with Crippen molar-refractivity contribution in [2.75, 3.05) is 69.3 Å². The van der Waals surface area contributed by atoms with Gasteiger partial charge in [-0.05, 0) is 49.9 Å². The van der Waals surface area contributed by atoms with Gasteiger partial charge in [-0.1, -0.05) is 6.07 Å². The number of rotatable bonds is 5. The summed E-state index contributed by atoms with van der Waals surface area (Å²) < 4.78 is 10.4. The first-order valence-electron chi connectivity index (χ1n) is 10.6. The largest absolute Gasteiger partial charge is 0.447 e. The molecule has 3 fully saturated rings. The number of likely N-dealkylation sites (tertiary alicyclic amines) is 1. The molecule has 0 unspecified atom stereocenters. The summed E-state index contributed by atoms with van der Waals surface area (Å²) in [4.78, 5) is 30.4. The Morgan fingerprint density at radius 3 is 2.59 bits per heavy atom. The Kier molecular flexibility index (Phi) is 6.51. The fourth-order valence-corrected chi connectivity index (χ4v) is 4.20. The number of hydrogen-bond donors (Lipinski definition) is 1. The van der Waals surface area contributed by atoms with Gasteiger partial charge < -0.3 is 19.7 Å². The molecule has 8 heteroatoms. The average Bonchev–Trinajstić information content (AvgIpc) is 3.19. The second kappa shape index (κ2) is 9.45. The molecule has 1 aromatic carbocycles. The highest BCUT2D eigenvalue weighted by Gasteiger charge is 2.25. The van der Waals surface area contributed by atoms with E-state index in [0.717, 1.165) is 64.5 Å². The van der Waals surface area contributed by atoms with Gasteiger partial charge in [0.2, 0.25) is 0 Å². The Labute approximate surface area is 171 Å². The Bertz CT molecular complexity index is 714. The predicted octanol–water partition coefficient (Wildman–Crippen LogP) is 2.61. The number of carbonyl (C=O) groups excluding carboxylic acids is 2. The lowest BCUT2D eigenvalue weighted by molar-refractivity contribution is 0.0340. The van der Waals surface area contributed by atoms with Gasteiger partial charge in [0, 0.05) is 37.6 Å². The van der Waals surface area contributed by atoms with Crippen LogP contribution in [0.15, 0.2) is 24.3 Å². The molecule has 0 aromatic heterocycles. The molecule has 0 spiro atoms. The number of hydrogen-bond acceptors (Lipinski definition) is 5. The number of urea groups is 1. The van der Waals surface area contributed by atoms with Crippen molar-refractivity contribution in [3.05, 3.63) is 24.3 Å². The number of nitrogens with zero attached hydrogens (tertiary/aromatic N) is 3. The van der Waals surface area contributed by atoms with Crippen LogP contribution in [0.5, 0.6) is 0 Å². The van der Waals surface area contributed by atoms with Crippen LogP contribution in [0.1, 0.15) is 19.3 Å². The molecule has 29 heavy (non-hydrogen) atoms. The van der Waals surface area contributed by atoms with Gasteiger partial charge in [-0.2, -0.15) is 0 Å². The second-order valence-corrected chi connectivity index (χ2v) is 7.92. The van der Waals surface area contributed by atoms with E-state index < -0.39 is 0 Å². The third kappa shape index (κ3) is 5.19. The van der Waals surface area contributed by atoms with E-state index in [1.807, 2.05) is 29.2 Å². The number of ether oxygens (including phenoxy) is 2. The Hall–Kier alpha value is -2.32. The minimum atomic E-state index is -0.340. The molecule has 158 valence electrons. The third-order valence-electron chi connectivity index (χ3n) is 6.03. The van der Waals surface area contributed by atoms with Crippen molar-refractivity contribution < 1.29 is 19.1 Å². The van der Waals surface area contributed by atoms with Crippen molar-refractivity contribution in [1.29, 1.82) is 0 Å². The lowest BCUT2D eigenvalue weighted by Gasteiger charge is -2.34. The summed E-state index contributed by atoms with van der Waals surface area (Å²) in [6.45, 7) is 7.41. The smallest absolute Gasteiger partial charge is 0.414 e. The highest BCUT2D eigenvalue weighted by Crippen LogP contribution is 2.24. The van der Waals surface area contributed by atoms with Gasteiger partial charge in [0.1, 0.15) is 6.61 Å². The average molecular weight is 402 g/mol. The molecule has 3 aliphatic heterocycles. The maximum atomic E-state index is 12.7. The van der Waals surface area contributed by atoms with Crippen molar-refractivity contribution in [3.8, 4) is 0 Å². The molecular formula is C21H30N4O4. The summed E-state index contributed by atoms with van der Waals surface area (Å²) >= 11 is 0. The molecule has 1 N–H and O–H groups in total. The highest BCUT2D eigenvalue weighted by atomic mass is 16.6. The molecule has 4 rings (SSSR count). The standard InChI is InChI=1S/C21H30N4O4/c26-20(22-18-2-1-3-19(16-18)25-12-15-29-21(25)27)24-8-5-17(6-9-24)4-7-23-10-13-28-14-11-23/h1-3,16-17H,4-15H2,(H,22,26). The molecule has 8 nitrogen and oxygen atoms in total. The first-order chi connectivity index (χ1) is 14.2. The van der Waals surface area contributed by atoms with Crippen molar-refractivity contribution in [3.63, 3.8) is 0 Å². The molecule has 3 saturated heterocycles. The van der Waals surface area contributed by atoms with Gasteiger partial charge in [-0.3, -0.25) is 9.80 Å². The van der Waals surface area contributed by atoms with E-state index >= 15 is 0 Å². The van der Waals surface area contributed by atoms with Crippen LogP contribution in [0.2, 0.25) is 0 Å². The van der Waals surface area contributed by atoms with E-state index in [1.54, 1.807) is 4.90 Å². The molecule has 0 bridgehead atoms. The molecule has 3 aliphatic rings. The first-order valence-corrected chi connectivity index (χ1v) is 10.6. The van der Waals surface area contributed by atoms with E-state index in [-0.39, 0.29) is 12.1 Å². The lowest BCUT2D eigenvalue weighted by Crippen LogP contribution is -2.42. The van der Waals surface area contributed by atoms with E-state index in [9.17, 15) is 9.59 Å². The van der Waals surface area contributed by atoms with Crippen LogP contribution in [0.25, 0.3) is 0 Å². The highest BCUT2D eigenvalue weighted by molar-refractivity contribution is 5.93. The number of morpholine rings is 1. The number of amides is 3. The van der Waals surface area contributed by atoms with Gasteiger partial charge in [0.25, 0.3) is 0 Å². The van der Waals surface area contributed by atoms with Gasteiger partial charge in [-0.15, -0.1) is 0 Å². The summed E-state index contributed by atoms with van der Waals surface area (Å²) in [6, 6.07) is 7.28. The number of piperidine rings is 1. The van der Waals surface area contributed by atoms with Crippen molar-refractivity contribution in [2.24, 2.45) is 5.92 Å². The third-order valence-corrected chi connectivity index (χ3v) is 6.03. The zero-order valence-corrected chi connectivity index (χ0v) is 16.8. The zero-order valence-electron chi connectivity index (χ0n) is 16.8. The molecular weight excluding hydrogens is 372 g/mol. The van der Waals surface area contributed by atoms with Gasteiger partial charge >= 0.3 is 12.1 Å². The molecule has 3 amide bonds. The van der Waals surface area contributed by atoms with E-state index in [0.29, 0.717) is 24.8 Å². The summed E-state index contributed by atoms with van der Waals surface area (Å²) in [5.41, 5.74) is 1.44. The van der Waals surface area contributed by atoms with Crippen LogP contribution in [0, 0.1) is 5.92 Å². The summed E-state index contributed by atoms with van der Waals surface area (Å²) in [5.74, 6) is 0.686. The molecule has 0 radical (unpaired) electrons. The Balaban J connectivity index is 1.23. The van der Waals surface area contributed by atoms with Crippen LogP contribution in [0.4, 0.5) is 21.0 Å². The Morgan fingerprint density at radius 1 is 1.07 bits per heavy atom. The Morgan fingerprint density at radius 2 is 1.86 bits per heavy atom. The van der Waals surface area contributed by atoms with Crippen LogP contribution in [-0.4, -0.2) is 81.0 Å². The molecule has 1 aromatic rings. The van der Waals surface area contributed by atoms with E-state index in [1.165, 1.54) is 6.42 Å². The SMILES string of the molecule is O=C(Nc1cccc(N2CCOC2=O)c1)N1CCC(CCN2CCOCC2)CC1. The van der Waals surface area contributed by atoms with E-state index in [4.69, 9.17) is 9.47 Å². The van der Waals surface area contributed by atoms with Crippen molar-refractivity contribution >= 4 is 23.5 Å². The van der Waals surface area contributed by atoms with E-state index in [2.05, 4.69) is 10.2 Å². The number of anilines is 2. The first kappa shape index (κ1) is 20.0. The number of carbonyl (C=O) groups is 2. The molecule has 3 heterocycles. The molecule has 0 saturated carbocycles.